The van der Waals surface area contributed by atoms with E-state index in [0.717, 1.165) is 37.7 Å². The Labute approximate surface area is 137 Å². The summed E-state index contributed by atoms with van der Waals surface area (Å²) < 4.78 is 0. The van der Waals surface area contributed by atoms with Crippen molar-refractivity contribution in [1.82, 2.24) is 4.90 Å². The van der Waals surface area contributed by atoms with E-state index in [1.165, 1.54) is 5.56 Å². The molecule has 1 aromatic heterocycles. The van der Waals surface area contributed by atoms with E-state index in [-0.39, 0.29) is 5.54 Å². The number of hydrogen-bond donors (Lipinski definition) is 1. The Bertz CT molecular complexity index is 583. The molecule has 118 valence electrons. The molecule has 0 atom stereocenters. The third-order valence-electron chi connectivity index (χ3n) is 5.39. The maximum Gasteiger partial charge on any atom is 0.0906 e. The Hall–Kier alpha value is -1.16. The summed E-state index contributed by atoms with van der Waals surface area (Å²) in [5.74, 6) is 0. The average Bonchev–Trinajstić information content (AvgIpc) is 3.06. The third-order valence-corrected chi connectivity index (χ3v) is 6.07. The fraction of sp³-hybridized carbons (Fsp3) is 0.474. The van der Waals surface area contributed by atoms with Crippen molar-refractivity contribution in [1.29, 1.82) is 0 Å². The van der Waals surface area contributed by atoms with Crippen LogP contribution in [0.2, 0.25) is 0 Å². The van der Waals surface area contributed by atoms with Gasteiger partial charge in [0.25, 0.3) is 0 Å². The van der Waals surface area contributed by atoms with Gasteiger partial charge in [0.15, 0.2) is 0 Å². The molecule has 1 fully saturated rings. The zero-order chi connectivity index (χ0) is 15.6. The Morgan fingerprint density at radius 2 is 1.73 bits per heavy atom. The molecular formula is C19H25NOS. The van der Waals surface area contributed by atoms with Gasteiger partial charge in [-0.05, 0) is 74.2 Å². The van der Waals surface area contributed by atoms with Crippen molar-refractivity contribution in [2.24, 2.45) is 0 Å². The van der Waals surface area contributed by atoms with Crippen molar-refractivity contribution in [3.63, 3.8) is 0 Å². The number of aliphatic hydroxyl groups is 1. The fourth-order valence-electron chi connectivity index (χ4n) is 3.70. The van der Waals surface area contributed by atoms with Gasteiger partial charge in [0.05, 0.1) is 5.60 Å². The zero-order valence-electron chi connectivity index (χ0n) is 13.5. The summed E-state index contributed by atoms with van der Waals surface area (Å²) in [5.41, 5.74) is 2.02. The highest BCUT2D eigenvalue weighted by Crippen LogP contribution is 2.45. The minimum absolute atomic E-state index is 0.156. The van der Waals surface area contributed by atoms with Gasteiger partial charge in [0.2, 0.25) is 0 Å². The van der Waals surface area contributed by atoms with E-state index in [2.05, 4.69) is 66.2 Å². The van der Waals surface area contributed by atoms with Crippen LogP contribution < -0.4 is 0 Å². The molecule has 0 bridgehead atoms. The van der Waals surface area contributed by atoms with Crippen LogP contribution in [0.1, 0.15) is 36.8 Å². The summed E-state index contributed by atoms with van der Waals surface area (Å²) in [6.07, 6.45) is 4.80. The van der Waals surface area contributed by atoms with Gasteiger partial charge < -0.3 is 10.0 Å². The monoisotopic (exact) mass is 315 g/mol. The SMILES string of the molecule is CN(C)C1(Cc2ccccc2)CCC(O)(c2ccsc2)CC1. The molecule has 0 radical (unpaired) electrons. The standard InChI is InChI=1S/C19H25NOS/c1-20(2)18(14-16-6-4-3-5-7-16)9-11-19(21,12-10-18)17-8-13-22-15-17/h3-8,13,15,21H,9-12,14H2,1-2H3. The summed E-state index contributed by atoms with van der Waals surface area (Å²) in [6.45, 7) is 0. The lowest BCUT2D eigenvalue weighted by atomic mass is 9.69. The van der Waals surface area contributed by atoms with Crippen molar-refractivity contribution in [3.8, 4) is 0 Å². The largest absolute Gasteiger partial charge is 0.385 e. The average molecular weight is 315 g/mol. The summed E-state index contributed by atoms with van der Waals surface area (Å²) in [4.78, 5) is 2.37. The van der Waals surface area contributed by atoms with E-state index in [9.17, 15) is 5.11 Å². The summed E-state index contributed by atoms with van der Waals surface area (Å²) >= 11 is 1.67. The maximum atomic E-state index is 11.0. The van der Waals surface area contributed by atoms with Crippen molar-refractivity contribution in [2.45, 2.75) is 43.2 Å². The third kappa shape index (κ3) is 2.98. The lowest BCUT2D eigenvalue weighted by molar-refractivity contribution is -0.0484. The molecule has 1 aliphatic carbocycles. The number of hydrogen-bond acceptors (Lipinski definition) is 3. The van der Waals surface area contributed by atoms with Crippen LogP contribution in [0.15, 0.2) is 47.2 Å². The molecule has 1 saturated carbocycles. The molecular weight excluding hydrogens is 290 g/mol. The molecule has 0 aliphatic heterocycles. The second-order valence-electron chi connectivity index (χ2n) is 6.82. The lowest BCUT2D eigenvalue weighted by Gasteiger charge is -2.48. The van der Waals surface area contributed by atoms with Crippen LogP contribution in [-0.4, -0.2) is 29.6 Å². The maximum absolute atomic E-state index is 11.0. The van der Waals surface area contributed by atoms with Crippen LogP contribution in [0.4, 0.5) is 0 Å². The van der Waals surface area contributed by atoms with Crippen molar-refractivity contribution in [2.75, 3.05) is 14.1 Å². The first-order chi connectivity index (χ1) is 10.5. The molecule has 0 saturated heterocycles. The van der Waals surface area contributed by atoms with Gasteiger partial charge in [0, 0.05) is 5.54 Å². The van der Waals surface area contributed by atoms with Crippen LogP contribution in [0, 0.1) is 0 Å². The highest BCUT2D eigenvalue weighted by atomic mass is 32.1. The van der Waals surface area contributed by atoms with E-state index in [1.54, 1.807) is 11.3 Å². The molecule has 22 heavy (non-hydrogen) atoms. The predicted molar refractivity (Wildman–Crippen MR) is 93.2 cm³/mol. The van der Waals surface area contributed by atoms with Crippen LogP contribution in [0.5, 0.6) is 0 Å². The molecule has 1 aromatic carbocycles. The fourth-order valence-corrected chi connectivity index (χ4v) is 4.45. The van der Waals surface area contributed by atoms with E-state index in [1.807, 2.05) is 0 Å². The normalized spacial score (nSPS) is 28.9. The highest BCUT2D eigenvalue weighted by Gasteiger charge is 2.43. The van der Waals surface area contributed by atoms with Gasteiger partial charge in [-0.25, -0.2) is 0 Å². The quantitative estimate of drug-likeness (QED) is 0.920. The van der Waals surface area contributed by atoms with Crippen LogP contribution in [0.25, 0.3) is 0 Å². The van der Waals surface area contributed by atoms with Gasteiger partial charge in [-0.3, -0.25) is 0 Å². The molecule has 0 unspecified atom stereocenters. The second kappa shape index (κ2) is 6.15. The number of thiophene rings is 1. The van der Waals surface area contributed by atoms with Crippen LogP contribution >= 0.6 is 11.3 Å². The van der Waals surface area contributed by atoms with Gasteiger partial charge >= 0.3 is 0 Å². The Morgan fingerprint density at radius 3 is 2.27 bits per heavy atom. The number of nitrogens with zero attached hydrogens (tertiary/aromatic N) is 1. The van der Waals surface area contributed by atoms with Crippen molar-refractivity contribution < 1.29 is 5.11 Å². The Kier molecular flexibility index (Phi) is 4.40. The molecule has 3 rings (SSSR count). The molecule has 0 amide bonds. The van der Waals surface area contributed by atoms with Crippen LogP contribution in [-0.2, 0) is 12.0 Å². The molecule has 3 heteroatoms. The van der Waals surface area contributed by atoms with E-state index in [0.29, 0.717) is 0 Å². The number of rotatable bonds is 4. The van der Waals surface area contributed by atoms with Gasteiger partial charge in [-0.1, -0.05) is 30.3 Å². The second-order valence-corrected chi connectivity index (χ2v) is 7.60. The molecule has 2 aromatic rings. The zero-order valence-corrected chi connectivity index (χ0v) is 14.3. The van der Waals surface area contributed by atoms with Gasteiger partial charge in [-0.15, -0.1) is 0 Å². The molecule has 1 heterocycles. The number of likely N-dealkylation sites (N-methyl/N-ethyl adjacent to an activating group) is 1. The molecule has 1 aliphatic rings. The summed E-state index contributed by atoms with van der Waals surface area (Å²) in [7, 11) is 4.36. The Morgan fingerprint density at radius 1 is 1.05 bits per heavy atom. The number of benzene rings is 1. The van der Waals surface area contributed by atoms with Crippen molar-refractivity contribution in [3.05, 3.63) is 58.3 Å². The minimum Gasteiger partial charge on any atom is -0.385 e. The lowest BCUT2D eigenvalue weighted by Crippen LogP contribution is -2.51. The summed E-state index contributed by atoms with van der Waals surface area (Å²) in [6, 6.07) is 12.8. The molecule has 2 nitrogen and oxygen atoms in total. The minimum atomic E-state index is -0.629. The van der Waals surface area contributed by atoms with Gasteiger partial charge in [-0.2, -0.15) is 11.3 Å². The first kappa shape index (κ1) is 15.7. The smallest absolute Gasteiger partial charge is 0.0906 e. The first-order valence-corrected chi connectivity index (χ1v) is 8.95. The summed E-state index contributed by atoms with van der Waals surface area (Å²) in [5, 5.41) is 15.2. The molecule has 0 spiro atoms. The van der Waals surface area contributed by atoms with Crippen molar-refractivity contribution >= 4 is 11.3 Å². The molecule has 1 N–H and O–H groups in total. The van der Waals surface area contributed by atoms with E-state index < -0.39 is 5.60 Å². The first-order valence-electron chi connectivity index (χ1n) is 8.01. The topological polar surface area (TPSA) is 23.5 Å². The van der Waals surface area contributed by atoms with Gasteiger partial charge in [0.1, 0.15) is 0 Å². The van der Waals surface area contributed by atoms with Crippen LogP contribution in [0.3, 0.4) is 0 Å². The Balaban J connectivity index is 1.78. The van der Waals surface area contributed by atoms with E-state index >= 15 is 0 Å². The highest BCUT2D eigenvalue weighted by molar-refractivity contribution is 7.08. The van der Waals surface area contributed by atoms with E-state index in [4.69, 9.17) is 0 Å². The predicted octanol–water partition coefficient (Wildman–Crippen LogP) is 4.05.